The Kier molecular flexibility index (Phi) is 7.97. The van der Waals surface area contributed by atoms with Crippen molar-refractivity contribution in [2.24, 2.45) is 0 Å². The second kappa shape index (κ2) is 10.7. The first-order valence-corrected chi connectivity index (χ1v) is 9.36. The first-order valence-electron chi connectivity index (χ1n) is 9.36. The molecule has 0 unspecified atom stereocenters. The Morgan fingerprint density at radius 1 is 0.931 bits per heavy atom. The molecular formula is C22H24N3O4+. The Hall–Kier alpha value is -3.61. The molecule has 0 amide bonds. The monoisotopic (exact) mass is 394 g/mol. The van der Waals surface area contributed by atoms with Gasteiger partial charge in [-0.05, 0) is 47.0 Å². The van der Waals surface area contributed by atoms with Crippen LogP contribution in [0.5, 0.6) is 0 Å². The summed E-state index contributed by atoms with van der Waals surface area (Å²) < 4.78 is 2.13. The quantitative estimate of drug-likeness (QED) is 0.186. The minimum absolute atomic E-state index is 0.0111. The van der Waals surface area contributed by atoms with E-state index in [9.17, 15) is 20.2 Å². The molecule has 2 rings (SSSR count). The normalized spacial score (nSPS) is 11.0. The summed E-state index contributed by atoms with van der Waals surface area (Å²) in [6.07, 6.45) is 7.85. The molecule has 29 heavy (non-hydrogen) atoms. The Balaban J connectivity index is 2.50. The molecule has 0 aromatic heterocycles. The first kappa shape index (κ1) is 21.7. The minimum atomic E-state index is -0.443. The lowest BCUT2D eigenvalue weighted by Gasteiger charge is -2.08. The lowest BCUT2D eigenvalue weighted by atomic mass is 9.97. The van der Waals surface area contributed by atoms with Crippen LogP contribution in [-0.2, 0) is 0 Å². The summed E-state index contributed by atoms with van der Waals surface area (Å²) in [5.41, 5.74) is 2.42. The second-order valence-corrected chi connectivity index (χ2v) is 6.47. The topological polar surface area (TPSA) is 89.3 Å². The van der Waals surface area contributed by atoms with Crippen molar-refractivity contribution in [3.63, 3.8) is 0 Å². The summed E-state index contributed by atoms with van der Waals surface area (Å²) in [4.78, 5) is 21.0. The Labute approximate surface area is 169 Å². The molecule has 7 nitrogen and oxygen atoms in total. The van der Waals surface area contributed by atoms with Crippen molar-refractivity contribution in [3.05, 3.63) is 98.6 Å². The van der Waals surface area contributed by atoms with Gasteiger partial charge in [-0.2, -0.15) is 0 Å². The highest BCUT2D eigenvalue weighted by molar-refractivity contribution is 5.90. The van der Waals surface area contributed by atoms with Crippen LogP contribution < -0.4 is 0 Å². The van der Waals surface area contributed by atoms with Gasteiger partial charge in [0.25, 0.3) is 11.4 Å². The maximum atomic E-state index is 10.9. The zero-order chi connectivity index (χ0) is 21.2. The van der Waals surface area contributed by atoms with Crippen molar-refractivity contribution in [1.29, 1.82) is 0 Å². The van der Waals surface area contributed by atoms with Crippen molar-refractivity contribution >= 4 is 23.2 Å². The number of allylic oxidation sites excluding steroid dienone is 1. The zero-order valence-corrected chi connectivity index (χ0v) is 16.4. The van der Waals surface area contributed by atoms with Gasteiger partial charge in [0.1, 0.15) is 6.54 Å². The fourth-order valence-electron chi connectivity index (χ4n) is 2.82. The largest absolute Gasteiger partial charge is 0.269 e. The molecule has 0 atom stereocenters. The molecule has 0 heterocycles. The Morgan fingerprint density at radius 3 is 1.79 bits per heavy atom. The van der Waals surface area contributed by atoms with Gasteiger partial charge in [0.15, 0.2) is 12.8 Å². The molecule has 0 fully saturated rings. The van der Waals surface area contributed by atoms with Gasteiger partial charge < -0.3 is 0 Å². The molecule has 0 spiro atoms. The second-order valence-electron chi connectivity index (χ2n) is 6.47. The van der Waals surface area contributed by atoms with E-state index in [-0.39, 0.29) is 11.4 Å². The maximum absolute atomic E-state index is 10.9. The van der Waals surface area contributed by atoms with Gasteiger partial charge >= 0.3 is 0 Å². The predicted molar refractivity (Wildman–Crippen MR) is 114 cm³/mol. The SMILES string of the molecule is C=CC/[N+](=C/C=C(c1ccc([N+](=O)[O-])cc1)c1ccc([N+](=O)[O-])cc1)CCCC. The first-order chi connectivity index (χ1) is 14.0. The molecular weight excluding hydrogens is 370 g/mol. The third kappa shape index (κ3) is 6.21. The van der Waals surface area contributed by atoms with Crippen LogP contribution in [0, 0.1) is 20.2 Å². The van der Waals surface area contributed by atoms with Gasteiger partial charge in [-0.1, -0.05) is 19.9 Å². The number of benzene rings is 2. The van der Waals surface area contributed by atoms with Gasteiger partial charge in [-0.3, -0.25) is 20.2 Å². The number of nitro groups is 2. The Bertz CT molecular complexity index is 870. The fourth-order valence-corrected chi connectivity index (χ4v) is 2.82. The highest BCUT2D eigenvalue weighted by Crippen LogP contribution is 2.26. The smallest absolute Gasteiger partial charge is 0.258 e. The highest BCUT2D eigenvalue weighted by Gasteiger charge is 2.12. The summed E-state index contributed by atoms with van der Waals surface area (Å²) in [6.45, 7) is 7.50. The molecule has 2 aromatic carbocycles. The van der Waals surface area contributed by atoms with Crippen molar-refractivity contribution in [1.82, 2.24) is 0 Å². The number of hydrogen-bond acceptors (Lipinski definition) is 4. The highest BCUT2D eigenvalue weighted by atomic mass is 16.6. The standard InChI is InChI=1S/C22H24N3O4/c1-3-5-16-23(15-4-2)17-14-22(18-6-10-20(11-7-18)24(26)27)19-8-12-21(13-9-19)25(28)29/h4,6-14,17H,2-3,5,15-16H2,1H3/q+1/b23-17-. The number of rotatable bonds is 10. The third-order valence-electron chi connectivity index (χ3n) is 4.39. The molecule has 0 bridgehead atoms. The Morgan fingerprint density at radius 2 is 1.41 bits per heavy atom. The summed E-state index contributed by atoms with van der Waals surface area (Å²) >= 11 is 0. The minimum Gasteiger partial charge on any atom is -0.258 e. The van der Waals surface area contributed by atoms with Crippen molar-refractivity contribution < 1.29 is 14.4 Å². The third-order valence-corrected chi connectivity index (χ3v) is 4.39. The number of hydrogen-bond donors (Lipinski definition) is 0. The number of non-ortho nitro benzene ring substituents is 2. The summed E-state index contributed by atoms with van der Waals surface area (Å²) in [6, 6.07) is 12.5. The van der Waals surface area contributed by atoms with Crippen LogP contribution in [0.25, 0.3) is 5.57 Å². The van der Waals surface area contributed by atoms with Crippen LogP contribution in [-0.4, -0.2) is 33.7 Å². The van der Waals surface area contributed by atoms with E-state index in [4.69, 9.17) is 0 Å². The van der Waals surface area contributed by atoms with E-state index < -0.39 is 9.85 Å². The van der Waals surface area contributed by atoms with Crippen molar-refractivity contribution in [3.8, 4) is 0 Å². The molecule has 0 aliphatic rings. The average Bonchev–Trinajstić information content (AvgIpc) is 2.72. The van der Waals surface area contributed by atoms with Crippen LogP contribution >= 0.6 is 0 Å². The molecule has 0 saturated heterocycles. The van der Waals surface area contributed by atoms with Crippen LogP contribution in [0.3, 0.4) is 0 Å². The van der Waals surface area contributed by atoms with Gasteiger partial charge in [0.2, 0.25) is 0 Å². The van der Waals surface area contributed by atoms with Gasteiger partial charge in [0, 0.05) is 36.8 Å². The summed E-state index contributed by atoms with van der Waals surface area (Å²) in [7, 11) is 0. The molecule has 7 heteroatoms. The van der Waals surface area contributed by atoms with E-state index in [0.717, 1.165) is 36.1 Å². The molecule has 2 aromatic rings. The fraction of sp³-hybridized carbons (Fsp3) is 0.227. The van der Waals surface area contributed by atoms with Crippen LogP contribution in [0.2, 0.25) is 0 Å². The van der Waals surface area contributed by atoms with Crippen molar-refractivity contribution in [2.75, 3.05) is 13.1 Å². The average molecular weight is 394 g/mol. The zero-order valence-electron chi connectivity index (χ0n) is 16.4. The van der Waals surface area contributed by atoms with Crippen LogP contribution in [0.1, 0.15) is 30.9 Å². The summed E-state index contributed by atoms with van der Waals surface area (Å²) in [5.74, 6) is 0. The molecule has 0 radical (unpaired) electrons. The number of unbranched alkanes of at least 4 members (excludes halogenated alkanes) is 1. The number of nitro benzene ring substituents is 2. The van der Waals surface area contributed by atoms with Gasteiger partial charge in [-0.15, -0.1) is 0 Å². The van der Waals surface area contributed by atoms with E-state index in [1.54, 1.807) is 24.3 Å². The van der Waals surface area contributed by atoms with E-state index in [1.807, 2.05) is 18.4 Å². The lowest BCUT2D eigenvalue weighted by molar-refractivity contribution is -0.513. The van der Waals surface area contributed by atoms with Gasteiger partial charge in [0.05, 0.1) is 9.85 Å². The van der Waals surface area contributed by atoms with Gasteiger partial charge in [-0.25, -0.2) is 4.58 Å². The van der Waals surface area contributed by atoms with E-state index in [0.29, 0.717) is 6.54 Å². The molecule has 150 valence electrons. The van der Waals surface area contributed by atoms with Crippen LogP contribution in [0.4, 0.5) is 11.4 Å². The van der Waals surface area contributed by atoms with E-state index >= 15 is 0 Å². The molecule has 0 N–H and O–H groups in total. The summed E-state index contributed by atoms with van der Waals surface area (Å²) in [5, 5.41) is 21.9. The van der Waals surface area contributed by atoms with Crippen molar-refractivity contribution in [2.45, 2.75) is 19.8 Å². The lowest BCUT2D eigenvalue weighted by Crippen LogP contribution is -2.14. The number of nitrogens with zero attached hydrogens (tertiary/aromatic N) is 3. The predicted octanol–water partition coefficient (Wildman–Crippen LogP) is 5.00. The van der Waals surface area contributed by atoms with E-state index in [1.165, 1.54) is 24.3 Å². The molecule has 0 saturated carbocycles. The van der Waals surface area contributed by atoms with Crippen LogP contribution in [0.15, 0.2) is 67.3 Å². The van der Waals surface area contributed by atoms with E-state index in [2.05, 4.69) is 18.1 Å². The molecule has 0 aliphatic carbocycles. The molecule has 0 aliphatic heterocycles. The maximum Gasteiger partial charge on any atom is 0.269 e.